The molecule has 4 N–H and O–H groups in total. The maximum absolute atomic E-state index is 12.8. The highest BCUT2D eigenvalue weighted by atomic mass is 16.3. The molecule has 0 heterocycles. The van der Waals surface area contributed by atoms with E-state index in [4.69, 9.17) is 5.73 Å². The van der Waals surface area contributed by atoms with Crippen LogP contribution in [-0.2, 0) is 17.6 Å². The Hall–Kier alpha value is -1.39. The van der Waals surface area contributed by atoms with Crippen molar-refractivity contribution in [2.75, 3.05) is 13.1 Å². The Morgan fingerprint density at radius 1 is 1.28 bits per heavy atom. The monoisotopic (exact) mass is 346 g/mol. The molecule has 0 radical (unpaired) electrons. The van der Waals surface area contributed by atoms with E-state index in [0.717, 1.165) is 25.7 Å². The van der Waals surface area contributed by atoms with Gasteiger partial charge in [0.1, 0.15) is 5.60 Å². The predicted octanol–water partition coefficient (Wildman–Crippen LogP) is 2.67. The SMILES string of the molecule is CC1CCC(C(C)C)C(O)(C(=O)NCCc2ccccc2CCN)C1. The van der Waals surface area contributed by atoms with Gasteiger partial charge in [-0.2, -0.15) is 0 Å². The molecule has 1 aromatic carbocycles. The van der Waals surface area contributed by atoms with Gasteiger partial charge in [-0.1, -0.05) is 51.5 Å². The van der Waals surface area contributed by atoms with Gasteiger partial charge in [-0.15, -0.1) is 0 Å². The molecule has 140 valence electrons. The first-order chi connectivity index (χ1) is 11.9. The van der Waals surface area contributed by atoms with Crippen LogP contribution < -0.4 is 11.1 Å². The Morgan fingerprint density at radius 3 is 2.52 bits per heavy atom. The first-order valence-corrected chi connectivity index (χ1v) is 9.66. The highest BCUT2D eigenvalue weighted by Gasteiger charge is 2.48. The fourth-order valence-electron chi connectivity index (χ4n) is 4.30. The molecule has 1 aliphatic carbocycles. The summed E-state index contributed by atoms with van der Waals surface area (Å²) >= 11 is 0. The molecule has 25 heavy (non-hydrogen) atoms. The summed E-state index contributed by atoms with van der Waals surface area (Å²) in [5.41, 5.74) is 6.90. The zero-order valence-electron chi connectivity index (χ0n) is 15.9. The molecule has 0 spiro atoms. The maximum atomic E-state index is 12.8. The second kappa shape index (κ2) is 8.81. The number of hydrogen-bond donors (Lipinski definition) is 3. The van der Waals surface area contributed by atoms with Gasteiger partial charge in [0.05, 0.1) is 0 Å². The van der Waals surface area contributed by atoms with E-state index in [1.54, 1.807) is 0 Å². The smallest absolute Gasteiger partial charge is 0.252 e. The molecule has 1 amide bonds. The summed E-state index contributed by atoms with van der Waals surface area (Å²) in [4.78, 5) is 12.8. The highest BCUT2D eigenvalue weighted by Crippen LogP contribution is 2.41. The van der Waals surface area contributed by atoms with Crippen molar-refractivity contribution in [2.24, 2.45) is 23.5 Å². The molecule has 2 rings (SSSR count). The van der Waals surface area contributed by atoms with Crippen LogP contribution in [0.25, 0.3) is 0 Å². The van der Waals surface area contributed by atoms with Crippen LogP contribution in [0.5, 0.6) is 0 Å². The Kier molecular flexibility index (Phi) is 7.03. The number of hydrogen-bond acceptors (Lipinski definition) is 3. The molecule has 0 saturated heterocycles. The van der Waals surface area contributed by atoms with E-state index in [-0.39, 0.29) is 11.8 Å². The summed E-state index contributed by atoms with van der Waals surface area (Å²) in [7, 11) is 0. The summed E-state index contributed by atoms with van der Waals surface area (Å²) < 4.78 is 0. The Morgan fingerprint density at radius 2 is 1.92 bits per heavy atom. The third-order valence-corrected chi connectivity index (χ3v) is 5.65. The minimum atomic E-state index is -1.23. The van der Waals surface area contributed by atoms with Crippen molar-refractivity contribution in [2.45, 2.75) is 58.5 Å². The number of aliphatic hydroxyl groups is 1. The van der Waals surface area contributed by atoms with E-state index in [0.29, 0.717) is 31.3 Å². The van der Waals surface area contributed by atoms with Crippen LogP contribution in [0.4, 0.5) is 0 Å². The first kappa shape index (κ1) is 19.9. The van der Waals surface area contributed by atoms with Crippen molar-refractivity contribution in [1.82, 2.24) is 5.32 Å². The average Bonchev–Trinajstić information content (AvgIpc) is 2.56. The van der Waals surface area contributed by atoms with Crippen molar-refractivity contribution >= 4 is 5.91 Å². The number of nitrogens with two attached hydrogens (primary N) is 1. The normalized spacial score (nSPS) is 26.6. The summed E-state index contributed by atoms with van der Waals surface area (Å²) in [5.74, 6) is 0.520. The van der Waals surface area contributed by atoms with Gasteiger partial charge in [0, 0.05) is 6.54 Å². The third kappa shape index (κ3) is 4.83. The van der Waals surface area contributed by atoms with Gasteiger partial charge in [-0.05, 0) is 61.1 Å². The van der Waals surface area contributed by atoms with Gasteiger partial charge < -0.3 is 16.2 Å². The lowest BCUT2D eigenvalue weighted by molar-refractivity contribution is -0.155. The van der Waals surface area contributed by atoms with E-state index in [9.17, 15) is 9.90 Å². The lowest BCUT2D eigenvalue weighted by Gasteiger charge is -2.43. The summed E-state index contributed by atoms with van der Waals surface area (Å²) in [5, 5.41) is 14.1. The number of benzene rings is 1. The quantitative estimate of drug-likeness (QED) is 0.710. The minimum absolute atomic E-state index is 0.0354. The standard InChI is InChI=1S/C21H34N2O2/c1-15(2)19-9-8-16(3)14-21(19,25)20(24)23-13-11-18-7-5-4-6-17(18)10-12-22/h4-7,15-16,19,25H,8-14,22H2,1-3H3,(H,23,24). The first-order valence-electron chi connectivity index (χ1n) is 9.66. The molecule has 4 heteroatoms. The van der Waals surface area contributed by atoms with Gasteiger partial charge >= 0.3 is 0 Å². The molecule has 0 aromatic heterocycles. The summed E-state index contributed by atoms with van der Waals surface area (Å²) in [6.07, 6.45) is 4.18. The van der Waals surface area contributed by atoms with E-state index < -0.39 is 5.60 Å². The molecule has 1 aromatic rings. The molecule has 0 aliphatic heterocycles. The van der Waals surface area contributed by atoms with Gasteiger partial charge in [-0.25, -0.2) is 0 Å². The van der Waals surface area contributed by atoms with Crippen molar-refractivity contribution in [3.8, 4) is 0 Å². The van der Waals surface area contributed by atoms with Crippen LogP contribution in [0, 0.1) is 17.8 Å². The highest BCUT2D eigenvalue weighted by molar-refractivity contribution is 5.85. The molecule has 1 aliphatic rings. The van der Waals surface area contributed by atoms with Gasteiger partial charge in [0.15, 0.2) is 0 Å². The second-order valence-electron chi connectivity index (χ2n) is 7.97. The molecule has 3 atom stereocenters. The molecular weight excluding hydrogens is 312 g/mol. The number of amides is 1. The zero-order valence-corrected chi connectivity index (χ0v) is 15.9. The Labute approximate surface area is 152 Å². The van der Waals surface area contributed by atoms with Crippen LogP contribution in [0.2, 0.25) is 0 Å². The van der Waals surface area contributed by atoms with E-state index >= 15 is 0 Å². The largest absolute Gasteiger partial charge is 0.380 e. The second-order valence-corrected chi connectivity index (χ2v) is 7.97. The number of rotatable bonds is 7. The predicted molar refractivity (Wildman–Crippen MR) is 102 cm³/mol. The lowest BCUT2D eigenvalue weighted by atomic mass is 9.66. The lowest BCUT2D eigenvalue weighted by Crippen LogP contribution is -2.56. The summed E-state index contributed by atoms with van der Waals surface area (Å²) in [6, 6.07) is 8.22. The molecule has 0 bridgehead atoms. The van der Waals surface area contributed by atoms with Crippen LogP contribution >= 0.6 is 0 Å². The van der Waals surface area contributed by atoms with E-state index in [1.807, 2.05) is 12.1 Å². The minimum Gasteiger partial charge on any atom is -0.380 e. The molecule has 4 nitrogen and oxygen atoms in total. The van der Waals surface area contributed by atoms with Gasteiger partial charge in [0.25, 0.3) is 5.91 Å². The van der Waals surface area contributed by atoms with Crippen LogP contribution in [0.15, 0.2) is 24.3 Å². The fraction of sp³-hybridized carbons (Fsp3) is 0.667. The maximum Gasteiger partial charge on any atom is 0.252 e. The van der Waals surface area contributed by atoms with Crippen LogP contribution in [-0.4, -0.2) is 29.7 Å². The molecule has 1 saturated carbocycles. The van der Waals surface area contributed by atoms with Crippen LogP contribution in [0.3, 0.4) is 0 Å². The third-order valence-electron chi connectivity index (χ3n) is 5.65. The van der Waals surface area contributed by atoms with Gasteiger partial charge in [-0.3, -0.25) is 4.79 Å². The van der Waals surface area contributed by atoms with Crippen molar-refractivity contribution in [3.63, 3.8) is 0 Å². The van der Waals surface area contributed by atoms with Crippen molar-refractivity contribution in [1.29, 1.82) is 0 Å². The zero-order chi connectivity index (χ0) is 18.4. The van der Waals surface area contributed by atoms with Crippen LogP contribution in [0.1, 0.15) is 51.2 Å². The van der Waals surface area contributed by atoms with Crippen molar-refractivity contribution < 1.29 is 9.90 Å². The van der Waals surface area contributed by atoms with E-state index in [2.05, 4.69) is 38.2 Å². The fourth-order valence-corrected chi connectivity index (χ4v) is 4.30. The number of nitrogens with one attached hydrogen (secondary N) is 1. The number of carbonyl (C=O) groups is 1. The van der Waals surface area contributed by atoms with Crippen molar-refractivity contribution in [3.05, 3.63) is 35.4 Å². The van der Waals surface area contributed by atoms with Gasteiger partial charge in [0.2, 0.25) is 0 Å². The average molecular weight is 347 g/mol. The molecular formula is C21H34N2O2. The molecule has 3 unspecified atom stereocenters. The molecule has 1 fully saturated rings. The topological polar surface area (TPSA) is 75.3 Å². The Bertz CT molecular complexity index is 573. The summed E-state index contributed by atoms with van der Waals surface area (Å²) in [6.45, 7) is 7.49. The Balaban J connectivity index is 1.99. The van der Waals surface area contributed by atoms with E-state index in [1.165, 1.54) is 11.1 Å². The number of carbonyl (C=O) groups excluding carboxylic acids is 1.